The largest absolute Gasteiger partial charge is 0.368 e. The molecule has 16 heavy (non-hydrogen) atoms. The van der Waals surface area contributed by atoms with Crippen LogP contribution in [0.15, 0.2) is 28.8 Å². The van der Waals surface area contributed by atoms with Crippen LogP contribution in [-0.4, -0.2) is 5.16 Å². The van der Waals surface area contributed by atoms with Crippen LogP contribution in [0.4, 0.5) is 10.3 Å². The highest BCUT2D eigenvalue weighted by Crippen LogP contribution is 2.27. The summed E-state index contributed by atoms with van der Waals surface area (Å²) in [4.78, 5) is 0. The van der Waals surface area contributed by atoms with E-state index in [1.807, 2.05) is 13.8 Å². The lowest BCUT2D eigenvalue weighted by Gasteiger charge is -2.07. The van der Waals surface area contributed by atoms with E-state index in [0.717, 1.165) is 5.56 Å². The van der Waals surface area contributed by atoms with Crippen molar-refractivity contribution >= 4 is 5.88 Å². The average molecular weight is 220 g/mol. The standard InChI is InChI=1S/C12H13FN2O/c1-7(2)8-3-4-10(13)9(5-8)11-6-12(14)16-15-11/h3-7H,14H2,1-2H3. The van der Waals surface area contributed by atoms with Crippen molar-refractivity contribution in [2.45, 2.75) is 19.8 Å². The molecule has 0 saturated heterocycles. The molecule has 4 heteroatoms. The smallest absolute Gasteiger partial charge is 0.222 e. The molecule has 2 N–H and O–H groups in total. The number of nitrogens with zero attached hydrogens (tertiary/aromatic N) is 1. The summed E-state index contributed by atoms with van der Waals surface area (Å²) in [6, 6.07) is 6.50. The maximum atomic E-state index is 13.6. The maximum Gasteiger partial charge on any atom is 0.222 e. The van der Waals surface area contributed by atoms with E-state index in [9.17, 15) is 4.39 Å². The van der Waals surface area contributed by atoms with Crippen molar-refractivity contribution < 1.29 is 8.91 Å². The van der Waals surface area contributed by atoms with Gasteiger partial charge in [-0.15, -0.1) is 0 Å². The fourth-order valence-electron chi connectivity index (χ4n) is 1.51. The summed E-state index contributed by atoms with van der Waals surface area (Å²) < 4.78 is 18.3. The highest BCUT2D eigenvalue weighted by Gasteiger charge is 2.11. The monoisotopic (exact) mass is 220 g/mol. The van der Waals surface area contributed by atoms with Crippen LogP contribution >= 0.6 is 0 Å². The Hall–Kier alpha value is -1.84. The van der Waals surface area contributed by atoms with Crippen LogP contribution in [0.5, 0.6) is 0 Å². The van der Waals surface area contributed by atoms with Crippen molar-refractivity contribution in [1.29, 1.82) is 0 Å². The van der Waals surface area contributed by atoms with Crippen molar-refractivity contribution in [1.82, 2.24) is 5.16 Å². The first-order valence-electron chi connectivity index (χ1n) is 5.10. The Kier molecular flexibility index (Phi) is 2.64. The Balaban J connectivity index is 2.51. The quantitative estimate of drug-likeness (QED) is 0.845. The van der Waals surface area contributed by atoms with Crippen LogP contribution in [0.1, 0.15) is 25.3 Å². The molecule has 3 nitrogen and oxygen atoms in total. The zero-order chi connectivity index (χ0) is 11.7. The van der Waals surface area contributed by atoms with Crippen LogP contribution in [0.3, 0.4) is 0 Å². The second-order valence-electron chi connectivity index (χ2n) is 4.01. The van der Waals surface area contributed by atoms with Gasteiger partial charge in [-0.25, -0.2) is 4.39 Å². The van der Waals surface area contributed by atoms with Gasteiger partial charge in [0.25, 0.3) is 0 Å². The number of aromatic nitrogens is 1. The molecule has 0 aliphatic rings. The summed E-state index contributed by atoms with van der Waals surface area (Å²) in [7, 11) is 0. The molecule has 0 aliphatic heterocycles. The minimum Gasteiger partial charge on any atom is -0.368 e. The van der Waals surface area contributed by atoms with Crippen molar-refractivity contribution in [3.63, 3.8) is 0 Å². The van der Waals surface area contributed by atoms with E-state index < -0.39 is 0 Å². The number of nitrogen functional groups attached to an aromatic ring is 1. The summed E-state index contributed by atoms with van der Waals surface area (Å²) in [5.74, 6) is 0.200. The molecule has 0 bridgehead atoms. The van der Waals surface area contributed by atoms with Crippen LogP contribution in [-0.2, 0) is 0 Å². The summed E-state index contributed by atoms with van der Waals surface area (Å²) in [5, 5.41) is 3.71. The van der Waals surface area contributed by atoms with Crippen LogP contribution in [0.25, 0.3) is 11.3 Å². The van der Waals surface area contributed by atoms with E-state index in [1.54, 1.807) is 12.1 Å². The van der Waals surface area contributed by atoms with Gasteiger partial charge in [0.2, 0.25) is 5.88 Å². The lowest BCUT2D eigenvalue weighted by Crippen LogP contribution is -1.91. The summed E-state index contributed by atoms with van der Waals surface area (Å²) >= 11 is 0. The SMILES string of the molecule is CC(C)c1ccc(F)c(-c2cc(N)on2)c1. The Morgan fingerprint density at radius 1 is 1.31 bits per heavy atom. The van der Waals surface area contributed by atoms with Crippen molar-refractivity contribution in [2.75, 3.05) is 5.73 Å². The fraction of sp³-hybridized carbons (Fsp3) is 0.250. The fourth-order valence-corrected chi connectivity index (χ4v) is 1.51. The summed E-state index contributed by atoms with van der Waals surface area (Å²) in [5.41, 5.74) is 7.32. The summed E-state index contributed by atoms with van der Waals surface area (Å²) in [6.07, 6.45) is 0. The predicted octanol–water partition coefficient (Wildman–Crippen LogP) is 3.19. The van der Waals surface area contributed by atoms with Gasteiger partial charge in [-0.2, -0.15) is 0 Å². The highest BCUT2D eigenvalue weighted by molar-refractivity contribution is 5.62. The van der Waals surface area contributed by atoms with Crippen molar-refractivity contribution in [3.05, 3.63) is 35.6 Å². The molecule has 0 aliphatic carbocycles. The molecule has 84 valence electrons. The number of nitrogens with two attached hydrogens (primary N) is 1. The van der Waals surface area contributed by atoms with E-state index in [0.29, 0.717) is 17.2 Å². The highest BCUT2D eigenvalue weighted by atomic mass is 19.1. The molecule has 0 amide bonds. The van der Waals surface area contributed by atoms with Crippen LogP contribution in [0, 0.1) is 5.82 Å². The van der Waals surface area contributed by atoms with Gasteiger partial charge in [0.1, 0.15) is 11.5 Å². The van der Waals surface area contributed by atoms with E-state index in [2.05, 4.69) is 5.16 Å². The molecule has 0 spiro atoms. The molecule has 0 unspecified atom stereocenters. The molecular weight excluding hydrogens is 207 g/mol. The molecule has 0 fully saturated rings. The second kappa shape index (κ2) is 3.96. The zero-order valence-corrected chi connectivity index (χ0v) is 9.20. The van der Waals surface area contributed by atoms with Gasteiger partial charge in [0.05, 0.1) is 0 Å². The van der Waals surface area contributed by atoms with Gasteiger partial charge in [0, 0.05) is 11.6 Å². The molecule has 1 aromatic heterocycles. The van der Waals surface area contributed by atoms with E-state index in [4.69, 9.17) is 10.3 Å². The zero-order valence-electron chi connectivity index (χ0n) is 9.20. The number of rotatable bonds is 2. The maximum absolute atomic E-state index is 13.6. The average Bonchev–Trinajstić information content (AvgIpc) is 2.65. The number of halogens is 1. The Morgan fingerprint density at radius 3 is 2.62 bits per heavy atom. The van der Waals surface area contributed by atoms with Crippen LogP contribution < -0.4 is 5.73 Å². The lowest BCUT2D eigenvalue weighted by atomic mass is 9.99. The van der Waals surface area contributed by atoms with Gasteiger partial charge in [0.15, 0.2) is 0 Å². The normalized spacial score (nSPS) is 11.0. The third kappa shape index (κ3) is 1.91. The molecule has 1 aromatic carbocycles. The minimum atomic E-state index is -0.322. The van der Waals surface area contributed by atoms with E-state index in [1.165, 1.54) is 12.1 Å². The third-order valence-electron chi connectivity index (χ3n) is 2.46. The molecule has 1 heterocycles. The van der Waals surface area contributed by atoms with Crippen LogP contribution in [0.2, 0.25) is 0 Å². The first-order valence-corrected chi connectivity index (χ1v) is 5.10. The van der Waals surface area contributed by atoms with Crippen molar-refractivity contribution in [2.24, 2.45) is 0 Å². The molecule has 2 rings (SSSR count). The Labute approximate surface area is 93.1 Å². The Bertz CT molecular complexity index is 505. The number of anilines is 1. The van der Waals surface area contributed by atoms with Gasteiger partial charge in [-0.3, -0.25) is 0 Å². The first kappa shape index (κ1) is 10.7. The topological polar surface area (TPSA) is 52.0 Å². The van der Waals surface area contributed by atoms with Gasteiger partial charge in [-0.05, 0) is 23.6 Å². The minimum absolute atomic E-state index is 0.185. The van der Waals surface area contributed by atoms with E-state index >= 15 is 0 Å². The number of hydrogen-bond donors (Lipinski definition) is 1. The number of hydrogen-bond acceptors (Lipinski definition) is 3. The molecule has 0 saturated carbocycles. The van der Waals surface area contributed by atoms with Gasteiger partial charge < -0.3 is 10.3 Å². The van der Waals surface area contributed by atoms with E-state index in [-0.39, 0.29) is 11.7 Å². The molecule has 0 atom stereocenters. The summed E-state index contributed by atoms with van der Waals surface area (Å²) in [6.45, 7) is 4.10. The lowest BCUT2D eigenvalue weighted by molar-refractivity contribution is 0.438. The van der Waals surface area contributed by atoms with Gasteiger partial charge >= 0.3 is 0 Å². The molecule has 2 aromatic rings. The predicted molar refractivity (Wildman–Crippen MR) is 60.4 cm³/mol. The third-order valence-corrected chi connectivity index (χ3v) is 2.46. The molecule has 0 radical (unpaired) electrons. The Morgan fingerprint density at radius 2 is 2.06 bits per heavy atom. The van der Waals surface area contributed by atoms with Crippen molar-refractivity contribution in [3.8, 4) is 11.3 Å². The first-order chi connectivity index (χ1) is 7.58. The number of benzene rings is 1. The van der Waals surface area contributed by atoms with Gasteiger partial charge in [-0.1, -0.05) is 25.1 Å². The second-order valence-corrected chi connectivity index (χ2v) is 4.01. The molecular formula is C12H13FN2O.